The Morgan fingerprint density at radius 1 is 1.54 bits per heavy atom. The van der Waals surface area contributed by atoms with Gasteiger partial charge in [0.05, 0.1) is 6.67 Å². The van der Waals surface area contributed by atoms with Crippen LogP contribution in [0.15, 0.2) is 21.2 Å². The molecule has 1 aromatic rings. The normalized spacial score (nSPS) is 28.2. The predicted molar refractivity (Wildman–Crippen MR) is 51.5 cm³/mol. The van der Waals surface area contributed by atoms with Crippen LogP contribution in [0.4, 0.5) is 4.39 Å². The van der Waals surface area contributed by atoms with Crippen LogP contribution >= 0.6 is 15.9 Å². The number of furan rings is 1. The number of halogens is 2. The Labute approximate surface area is 84.6 Å². The van der Waals surface area contributed by atoms with Gasteiger partial charge in [-0.3, -0.25) is 4.39 Å². The Bertz CT molecular complexity index is 289. The van der Waals surface area contributed by atoms with Gasteiger partial charge in [-0.2, -0.15) is 0 Å². The number of rotatable bonds is 2. The molecule has 2 nitrogen and oxygen atoms in total. The predicted octanol–water partition coefficient (Wildman–Crippen LogP) is 2.31. The van der Waals surface area contributed by atoms with Gasteiger partial charge >= 0.3 is 0 Å². The Morgan fingerprint density at radius 2 is 2.38 bits per heavy atom. The largest absolute Gasteiger partial charge is 0.454 e. The second kappa shape index (κ2) is 3.80. The Balaban J connectivity index is 2.15. The van der Waals surface area contributed by atoms with Crippen molar-refractivity contribution >= 4 is 15.9 Å². The molecule has 1 saturated heterocycles. The molecule has 1 aliphatic rings. The van der Waals surface area contributed by atoms with Crippen molar-refractivity contribution in [3.05, 3.63) is 22.6 Å². The minimum absolute atomic E-state index is 0.0676. The highest BCUT2D eigenvalue weighted by Crippen LogP contribution is 2.30. The van der Waals surface area contributed by atoms with Gasteiger partial charge in [0, 0.05) is 24.9 Å². The van der Waals surface area contributed by atoms with Gasteiger partial charge < -0.3 is 9.73 Å². The molecule has 0 aliphatic carbocycles. The molecule has 4 heteroatoms. The van der Waals surface area contributed by atoms with Crippen LogP contribution in [0, 0.1) is 5.92 Å². The Kier molecular flexibility index (Phi) is 2.69. The molecule has 2 rings (SSSR count). The first kappa shape index (κ1) is 9.21. The van der Waals surface area contributed by atoms with Crippen LogP contribution in [0.2, 0.25) is 0 Å². The van der Waals surface area contributed by atoms with Crippen LogP contribution < -0.4 is 5.32 Å². The highest BCUT2D eigenvalue weighted by molar-refractivity contribution is 9.10. The summed E-state index contributed by atoms with van der Waals surface area (Å²) in [6.07, 6.45) is 0. The molecule has 0 radical (unpaired) electrons. The first-order valence-electron chi connectivity index (χ1n) is 4.33. The van der Waals surface area contributed by atoms with Crippen LogP contribution in [-0.2, 0) is 0 Å². The fourth-order valence-electron chi connectivity index (χ4n) is 1.76. The van der Waals surface area contributed by atoms with Gasteiger partial charge in [-0.15, -0.1) is 0 Å². The molecule has 0 bridgehead atoms. The number of hydrogen-bond acceptors (Lipinski definition) is 2. The van der Waals surface area contributed by atoms with Crippen molar-refractivity contribution in [1.82, 2.24) is 5.32 Å². The standard InChI is InChI=1S/C9H11BrFNO/c10-9-2-1-8(13-9)7-5-12-4-6(7)3-11/h1-2,6-7,12H,3-5H2/t6-,7+/m1/s1. The van der Waals surface area contributed by atoms with Crippen molar-refractivity contribution in [3.8, 4) is 0 Å². The lowest BCUT2D eigenvalue weighted by atomic mass is 9.95. The van der Waals surface area contributed by atoms with Gasteiger partial charge in [-0.1, -0.05) is 0 Å². The molecule has 0 unspecified atom stereocenters. The minimum atomic E-state index is -0.282. The van der Waals surface area contributed by atoms with E-state index in [1.807, 2.05) is 12.1 Å². The molecule has 0 aromatic carbocycles. The molecule has 0 saturated carbocycles. The van der Waals surface area contributed by atoms with Crippen LogP contribution in [0.3, 0.4) is 0 Å². The molecule has 1 aliphatic heterocycles. The molecule has 2 atom stereocenters. The summed E-state index contributed by atoms with van der Waals surface area (Å²) in [7, 11) is 0. The Morgan fingerprint density at radius 3 is 3.00 bits per heavy atom. The third-order valence-electron chi connectivity index (χ3n) is 2.50. The van der Waals surface area contributed by atoms with E-state index in [-0.39, 0.29) is 18.5 Å². The third kappa shape index (κ3) is 1.79. The maximum Gasteiger partial charge on any atom is 0.169 e. The van der Waals surface area contributed by atoms with Gasteiger partial charge in [-0.05, 0) is 28.1 Å². The van der Waals surface area contributed by atoms with E-state index < -0.39 is 0 Å². The van der Waals surface area contributed by atoms with Crippen LogP contribution in [0.25, 0.3) is 0 Å². The average Bonchev–Trinajstić information content (AvgIpc) is 2.71. The molecule has 0 amide bonds. The summed E-state index contributed by atoms with van der Waals surface area (Å²) in [6.45, 7) is 1.28. The zero-order valence-corrected chi connectivity index (χ0v) is 8.68. The van der Waals surface area contributed by atoms with Gasteiger partial charge in [0.2, 0.25) is 0 Å². The van der Waals surface area contributed by atoms with Crippen molar-refractivity contribution in [2.24, 2.45) is 5.92 Å². The van der Waals surface area contributed by atoms with Crippen molar-refractivity contribution in [3.63, 3.8) is 0 Å². The minimum Gasteiger partial charge on any atom is -0.454 e. The summed E-state index contributed by atoms with van der Waals surface area (Å²) < 4.78 is 18.7. The molecule has 72 valence electrons. The van der Waals surface area contributed by atoms with E-state index in [0.29, 0.717) is 4.67 Å². The maximum atomic E-state index is 12.5. The molecule has 1 N–H and O–H groups in total. The number of alkyl halides is 1. The Hall–Kier alpha value is -0.350. The number of nitrogens with one attached hydrogen (secondary N) is 1. The summed E-state index contributed by atoms with van der Waals surface area (Å²) in [6, 6.07) is 3.76. The van der Waals surface area contributed by atoms with E-state index in [1.165, 1.54) is 0 Å². The van der Waals surface area contributed by atoms with Crippen molar-refractivity contribution in [1.29, 1.82) is 0 Å². The molecular weight excluding hydrogens is 237 g/mol. The van der Waals surface area contributed by atoms with Gasteiger partial charge in [0.1, 0.15) is 5.76 Å². The lowest BCUT2D eigenvalue weighted by Gasteiger charge is -2.11. The first-order chi connectivity index (χ1) is 6.31. The van der Waals surface area contributed by atoms with Crippen LogP contribution in [-0.4, -0.2) is 19.8 Å². The van der Waals surface area contributed by atoms with Crippen LogP contribution in [0.5, 0.6) is 0 Å². The molecular formula is C9H11BrFNO. The van der Waals surface area contributed by atoms with E-state index in [9.17, 15) is 4.39 Å². The molecule has 1 aromatic heterocycles. The van der Waals surface area contributed by atoms with Crippen molar-refractivity contribution in [2.75, 3.05) is 19.8 Å². The first-order valence-corrected chi connectivity index (χ1v) is 5.12. The van der Waals surface area contributed by atoms with Crippen LogP contribution in [0.1, 0.15) is 11.7 Å². The highest BCUT2D eigenvalue weighted by Gasteiger charge is 2.30. The van der Waals surface area contributed by atoms with Crippen molar-refractivity contribution < 1.29 is 8.81 Å². The highest BCUT2D eigenvalue weighted by atomic mass is 79.9. The monoisotopic (exact) mass is 247 g/mol. The fourth-order valence-corrected chi connectivity index (χ4v) is 2.07. The van der Waals surface area contributed by atoms with Gasteiger partial charge in [0.15, 0.2) is 4.67 Å². The zero-order valence-electron chi connectivity index (χ0n) is 7.09. The smallest absolute Gasteiger partial charge is 0.169 e. The van der Waals surface area contributed by atoms with E-state index in [1.54, 1.807) is 0 Å². The second-order valence-electron chi connectivity index (χ2n) is 3.32. The molecule has 1 fully saturated rings. The summed E-state index contributed by atoms with van der Waals surface area (Å²) in [5.74, 6) is 1.13. The molecule has 2 heterocycles. The molecule has 13 heavy (non-hydrogen) atoms. The maximum absolute atomic E-state index is 12.5. The summed E-state index contributed by atoms with van der Waals surface area (Å²) in [5, 5.41) is 3.17. The van der Waals surface area contributed by atoms with E-state index in [4.69, 9.17) is 4.42 Å². The number of hydrogen-bond donors (Lipinski definition) is 1. The van der Waals surface area contributed by atoms with Crippen molar-refractivity contribution in [2.45, 2.75) is 5.92 Å². The van der Waals surface area contributed by atoms with Gasteiger partial charge in [0.25, 0.3) is 0 Å². The summed E-state index contributed by atoms with van der Waals surface area (Å²) >= 11 is 3.24. The zero-order chi connectivity index (χ0) is 9.26. The summed E-state index contributed by atoms with van der Waals surface area (Å²) in [4.78, 5) is 0. The topological polar surface area (TPSA) is 25.2 Å². The van der Waals surface area contributed by atoms with E-state index in [2.05, 4.69) is 21.2 Å². The van der Waals surface area contributed by atoms with E-state index in [0.717, 1.165) is 18.8 Å². The van der Waals surface area contributed by atoms with E-state index >= 15 is 0 Å². The quantitative estimate of drug-likeness (QED) is 0.868. The SMILES string of the molecule is FC[C@@H]1CNC[C@@H]1c1ccc(Br)o1. The lowest BCUT2D eigenvalue weighted by Crippen LogP contribution is -2.12. The second-order valence-corrected chi connectivity index (χ2v) is 4.10. The molecule has 0 spiro atoms. The lowest BCUT2D eigenvalue weighted by molar-refractivity contribution is 0.328. The average molecular weight is 248 g/mol. The fraction of sp³-hybridized carbons (Fsp3) is 0.556. The van der Waals surface area contributed by atoms with Gasteiger partial charge in [-0.25, -0.2) is 0 Å². The summed E-state index contributed by atoms with van der Waals surface area (Å²) in [5.41, 5.74) is 0. The third-order valence-corrected chi connectivity index (χ3v) is 2.92.